The summed E-state index contributed by atoms with van der Waals surface area (Å²) in [6.07, 6.45) is 0.264. The van der Waals surface area contributed by atoms with Crippen LogP contribution in [0, 0.1) is 11.3 Å². The van der Waals surface area contributed by atoms with E-state index in [1.807, 2.05) is 6.07 Å². The molecule has 3 N–H and O–H groups in total. The van der Waals surface area contributed by atoms with Crippen LogP contribution in [-0.2, 0) is 4.79 Å². The Kier molecular flexibility index (Phi) is 3.50. The lowest BCUT2D eigenvalue weighted by Gasteiger charge is -2.05. The molecule has 1 amide bonds. The summed E-state index contributed by atoms with van der Waals surface area (Å²) in [4.78, 5) is 10.5. The number of nitriles is 1. The molecule has 0 spiro atoms. The summed E-state index contributed by atoms with van der Waals surface area (Å²) in [5.41, 5.74) is 6.28. The van der Waals surface area contributed by atoms with Gasteiger partial charge < -0.3 is 11.1 Å². The van der Waals surface area contributed by atoms with Crippen LogP contribution in [-0.4, -0.2) is 12.5 Å². The molecule has 0 unspecified atom stereocenters. The number of hydrogen-bond acceptors (Lipinski definition) is 3. The summed E-state index contributed by atoms with van der Waals surface area (Å²) < 4.78 is 0. The lowest BCUT2D eigenvalue weighted by Crippen LogP contribution is -2.16. The van der Waals surface area contributed by atoms with E-state index in [1.165, 1.54) is 0 Å². The fraction of sp³-hybridized carbons (Fsp3) is 0.200. The molecular formula is C10H11N3O. The van der Waals surface area contributed by atoms with Gasteiger partial charge in [-0.1, -0.05) is 12.1 Å². The lowest BCUT2D eigenvalue weighted by molar-refractivity contribution is -0.117. The molecule has 1 aromatic rings. The molecule has 14 heavy (non-hydrogen) atoms. The van der Waals surface area contributed by atoms with Gasteiger partial charge in [0.25, 0.3) is 0 Å². The number of primary amides is 1. The SMILES string of the molecule is N#Cc1ccccc1NCCC(N)=O. The van der Waals surface area contributed by atoms with E-state index in [9.17, 15) is 4.79 Å². The van der Waals surface area contributed by atoms with Crippen LogP contribution in [0.15, 0.2) is 24.3 Å². The Morgan fingerprint density at radius 3 is 2.86 bits per heavy atom. The highest BCUT2D eigenvalue weighted by Crippen LogP contribution is 2.12. The van der Waals surface area contributed by atoms with Gasteiger partial charge in [-0.15, -0.1) is 0 Å². The monoisotopic (exact) mass is 189 g/mol. The first kappa shape index (κ1) is 10.1. The number of nitrogens with one attached hydrogen (secondary N) is 1. The Morgan fingerprint density at radius 2 is 2.21 bits per heavy atom. The summed E-state index contributed by atoms with van der Waals surface area (Å²) in [6, 6.07) is 9.18. The molecule has 1 rings (SSSR count). The molecule has 1 aromatic carbocycles. The van der Waals surface area contributed by atoms with Crippen molar-refractivity contribution in [2.24, 2.45) is 5.73 Å². The van der Waals surface area contributed by atoms with Crippen LogP contribution in [0.25, 0.3) is 0 Å². The zero-order valence-corrected chi connectivity index (χ0v) is 7.66. The first-order chi connectivity index (χ1) is 6.74. The summed E-state index contributed by atoms with van der Waals surface area (Å²) in [6.45, 7) is 0.452. The largest absolute Gasteiger partial charge is 0.383 e. The van der Waals surface area contributed by atoms with Crippen LogP contribution in [0.2, 0.25) is 0 Å². The van der Waals surface area contributed by atoms with Crippen molar-refractivity contribution < 1.29 is 4.79 Å². The number of carbonyl (C=O) groups excluding carboxylic acids is 1. The van der Waals surface area contributed by atoms with Gasteiger partial charge in [0.15, 0.2) is 0 Å². The number of benzene rings is 1. The van der Waals surface area contributed by atoms with Gasteiger partial charge in [-0.2, -0.15) is 5.26 Å². The number of anilines is 1. The molecule has 0 saturated carbocycles. The number of hydrogen-bond donors (Lipinski definition) is 2. The lowest BCUT2D eigenvalue weighted by atomic mass is 10.2. The van der Waals surface area contributed by atoms with Crippen LogP contribution in [0.3, 0.4) is 0 Å². The van der Waals surface area contributed by atoms with Crippen LogP contribution < -0.4 is 11.1 Å². The van der Waals surface area contributed by atoms with Crippen molar-refractivity contribution >= 4 is 11.6 Å². The Morgan fingerprint density at radius 1 is 1.50 bits per heavy atom. The molecule has 0 heterocycles. The highest BCUT2D eigenvalue weighted by molar-refractivity contribution is 5.74. The predicted molar refractivity (Wildman–Crippen MR) is 53.5 cm³/mol. The van der Waals surface area contributed by atoms with Crippen LogP contribution >= 0.6 is 0 Å². The Hall–Kier alpha value is -2.02. The molecule has 0 bridgehead atoms. The molecule has 0 aliphatic rings. The van der Waals surface area contributed by atoms with Gasteiger partial charge in [0.1, 0.15) is 6.07 Å². The Balaban J connectivity index is 2.59. The van der Waals surface area contributed by atoms with E-state index in [1.54, 1.807) is 18.2 Å². The molecule has 4 nitrogen and oxygen atoms in total. The predicted octanol–water partition coefficient (Wildman–Crippen LogP) is 0.846. The van der Waals surface area contributed by atoms with E-state index >= 15 is 0 Å². The summed E-state index contributed by atoms with van der Waals surface area (Å²) >= 11 is 0. The molecule has 4 heteroatoms. The van der Waals surface area contributed by atoms with E-state index in [0.29, 0.717) is 12.1 Å². The van der Waals surface area contributed by atoms with Crippen LogP contribution in [0.1, 0.15) is 12.0 Å². The fourth-order valence-electron chi connectivity index (χ4n) is 1.06. The van der Waals surface area contributed by atoms with Crippen molar-refractivity contribution in [3.8, 4) is 6.07 Å². The second-order valence-corrected chi connectivity index (χ2v) is 2.80. The first-order valence-corrected chi connectivity index (χ1v) is 4.25. The van der Waals surface area contributed by atoms with Crippen LogP contribution in [0.5, 0.6) is 0 Å². The average molecular weight is 189 g/mol. The van der Waals surface area contributed by atoms with Gasteiger partial charge in [-0.05, 0) is 12.1 Å². The third-order valence-electron chi connectivity index (χ3n) is 1.73. The average Bonchev–Trinajstić information content (AvgIpc) is 2.18. The number of amides is 1. The van der Waals surface area contributed by atoms with Crippen molar-refractivity contribution in [2.75, 3.05) is 11.9 Å². The van der Waals surface area contributed by atoms with Gasteiger partial charge in [-0.3, -0.25) is 4.79 Å². The number of para-hydroxylation sites is 1. The van der Waals surface area contributed by atoms with E-state index in [2.05, 4.69) is 11.4 Å². The Labute approximate surface area is 82.3 Å². The highest BCUT2D eigenvalue weighted by atomic mass is 16.1. The third-order valence-corrected chi connectivity index (χ3v) is 1.73. The van der Waals surface area contributed by atoms with Crippen molar-refractivity contribution in [1.82, 2.24) is 0 Å². The molecule has 0 aliphatic carbocycles. The standard InChI is InChI=1S/C10H11N3O/c11-7-8-3-1-2-4-9(8)13-6-5-10(12)14/h1-4,13H,5-6H2,(H2,12,14). The molecule has 0 fully saturated rings. The Bertz CT molecular complexity index is 368. The molecule has 0 radical (unpaired) electrons. The quantitative estimate of drug-likeness (QED) is 0.736. The van der Waals surface area contributed by atoms with E-state index in [4.69, 9.17) is 11.0 Å². The van der Waals surface area contributed by atoms with Gasteiger partial charge in [0, 0.05) is 13.0 Å². The third kappa shape index (κ3) is 2.79. The molecule has 0 aliphatic heterocycles. The molecule has 0 aromatic heterocycles. The summed E-state index contributed by atoms with van der Waals surface area (Å²) in [5, 5.41) is 11.7. The van der Waals surface area contributed by atoms with Crippen LogP contribution in [0.4, 0.5) is 5.69 Å². The molecule has 72 valence electrons. The normalized spacial score (nSPS) is 9.07. The van der Waals surface area contributed by atoms with Crippen molar-refractivity contribution in [2.45, 2.75) is 6.42 Å². The van der Waals surface area contributed by atoms with E-state index in [-0.39, 0.29) is 12.3 Å². The maximum atomic E-state index is 10.5. The number of carbonyl (C=O) groups is 1. The minimum absolute atomic E-state index is 0.264. The second kappa shape index (κ2) is 4.87. The summed E-state index contributed by atoms with van der Waals surface area (Å²) in [5.74, 6) is -0.355. The van der Waals surface area contributed by atoms with Gasteiger partial charge in [0.05, 0.1) is 11.3 Å². The van der Waals surface area contributed by atoms with Gasteiger partial charge in [-0.25, -0.2) is 0 Å². The fourth-order valence-corrected chi connectivity index (χ4v) is 1.06. The summed E-state index contributed by atoms with van der Waals surface area (Å²) in [7, 11) is 0. The minimum Gasteiger partial charge on any atom is -0.383 e. The van der Waals surface area contributed by atoms with E-state index in [0.717, 1.165) is 5.69 Å². The minimum atomic E-state index is -0.355. The van der Waals surface area contributed by atoms with Crippen molar-refractivity contribution in [3.05, 3.63) is 29.8 Å². The number of rotatable bonds is 4. The zero-order chi connectivity index (χ0) is 10.4. The smallest absolute Gasteiger partial charge is 0.219 e. The zero-order valence-electron chi connectivity index (χ0n) is 7.66. The molecule has 0 atom stereocenters. The van der Waals surface area contributed by atoms with Crippen molar-refractivity contribution in [1.29, 1.82) is 5.26 Å². The topological polar surface area (TPSA) is 78.9 Å². The molecule has 0 saturated heterocycles. The van der Waals surface area contributed by atoms with Gasteiger partial charge in [0.2, 0.25) is 5.91 Å². The second-order valence-electron chi connectivity index (χ2n) is 2.80. The number of nitrogens with two attached hydrogens (primary N) is 1. The maximum absolute atomic E-state index is 10.5. The van der Waals surface area contributed by atoms with E-state index < -0.39 is 0 Å². The van der Waals surface area contributed by atoms with Gasteiger partial charge >= 0.3 is 0 Å². The maximum Gasteiger partial charge on any atom is 0.219 e. The van der Waals surface area contributed by atoms with Crippen molar-refractivity contribution in [3.63, 3.8) is 0 Å². The number of nitrogens with zero attached hydrogens (tertiary/aromatic N) is 1. The first-order valence-electron chi connectivity index (χ1n) is 4.25. The highest BCUT2D eigenvalue weighted by Gasteiger charge is 1.99. The molecular weight excluding hydrogens is 178 g/mol.